The summed E-state index contributed by atoms with van der Waals surface area (Å²) in [7, 11) is 0. The van der Waals surface area contributed by atoms with Gasteiger partial charge < -0.3 is 5.32 Å². The largest absolute Gasteiger partial charge is 0.317 e. The Morgan fingerprint density at radius 3 is 1.57 bits per heavy atom. The van der Waals surface area contributed by atoms with Crippen molar-refractivity contribution in [3.63, 3.8) is 0 Å². The van der Waals surface area contributed by atoms with Gasteiger partial charge in [-0.05, 0) is 25.9 Å². The van der Waals surface area contributed by atoms with E-state index in [2.05, 4.69) is 5.32 Å². The second-order valence-corrected chi connectivity index (χ2v) is 1.81. The van der Waals surface area contributed by atoms with Crippen LogP contribution in [-0.2, 0) is 19.5 Å². The second kappa shape index (κ2) is 4.74. The van der Waals surface area contributed by atoms with E-state index in [-0.39, 0.29) is 19.5 Å². The van der Waals surface area contributed by atoms with Crippen LogP contribution in [0.25, 0.3) is 0 Å². The summed E-state index contributed by atoms with van der Waals surface area (Å²) in [6.07, 6.45) is 4.22. The molecule has 0 atom stereocenters. The summed E-state index contributed by atoms with van der Waals surface area (Å²) in [6.45, 7) is 2.50. The molecule has 7 heavy (non-hydrogen) atoms. The Balaban J connectivity index is 0.000000360. The van der Waals surface area contributed by atoms with Crippen LogP contribution in [0.2, 0.25) is 0 Å². The Labute approximate surface area is 57.6 Å². The summed E-state index contributed by atoms with van der Waals surface area (Å²) in [5.41, 5.74) is 0. The number of nitrogens with one attached hydrogen (secondary N) is 1. The summed E-state index contributed by atoms with van der Waals surface area (Å²) < 4.78 is 0. The van der Waals surface area contributed by atoms with E-state index in [0.29, 0.717) is 0 Å². The summed E-state index contributed by atoms with van der Waals surface area (Å²) in [5.74, 6) is 0. The molecule has 0 aliphatic carbocycles. The molecular weight excluding hydrogens is 139 g/mol. The van der Waals surface area contributed by atoms with Gasteiger partial charge >= 0.3 is 0 Å². The molecule has 1 heterocycles. The maximum atomic E-state index is 3.28. The molecule has 0 aromatic heterocycles. The van der Waals surface area contributed by atoms with Crippen LogP contribution in [-0.4, -0.2) is 13.1 Å². The van der Waals surface area contributed by atoms with Crippen molar-refractivity contribution in [3.05, 3.63) is 0 Å². The third-order valence-corrected chi connectivity index (χ3v) is 1.21. The Morgan fingerprint density at radius 1 is 0.857 bits per heavy atom. The van der Waals surface area contributed by atoms with Gasteiger partial charge in [0.1, 0.15) is 0 Å². The van der Waals surface area contributed by atoms with Gasteiger partial charge in [-0.2, -0.15) is 0 Å². The van der Waals surface area contributed by atoms with E-state index in [1.54, 1.807) is 0 Å². The molecule has 1 N–H and O–H groups in total. The van der Waals surface area contributed by atoms with E-state index in [9.17, 15) is 0 Å². The van der Waals surface area contributed by atoms with Crippen molar-refractivity contribution in [2.45, 2.75) is 19.3 Å². The van der Waals surface area contributed by atoms with Crippen LogP contribution >= 0.6 is 0 Å². The molecule has 1 fully saturated rings. The van der Waals surface area contributed by atoms with Crippen molar-refractivity contribution in [3.8, 4) is 0 Å². The van der Waals surface area contributed by atoms with Gasteiger partial charge in [-0.15, -0.1) is 0 Å². The van der Waals surface area contributed by atoms with E-state index in [4.69, 9.17) is 0 Å². The molecule has 0 unspecified atom stereocenters. The zero-order valence-electron chi connectivity index (χ0n) is 4.74. The van der Waals surface area contributed by atoms with Crippen LogP contribution in [0.4, 0.5) is 0 Å². The van der Waals surface area contributed by atoms with Gasteiger partial charge in [0.15, 0.2) is 0 Å². The molecule has 1 nitrogen and oxygen atoms in total. The third-order valence-electron chi connectivity index (χ3n) is 1.21. The zero-order chi connectivity index (χ0) is 4.24. The molecule has 0 bridgehead atoms. The first-order valence-electron chi connectivity index (χ1n) is 2.71. The first kappa shape index (κ1) is 7.58. The fraction of sp³-hybridized carbons (Fsp3) is 1.00. The normalized spacial score (nSPS) is 20.6. The number of piperidine rings is 1. The molecule has 1 rings (SSSR count). The quantitative estimate of drug-likeness (QED) is 0.503. The van der Waals surface area contributed by atoms with Crippen LogP contribution in [0.3, 0.4) is 0 Å². The Hall–Kier alpha value is 0.583. The van der Waals surface area contributed by atoms with Crippen LogP contribution in [0.1, 0.15) is 19.3 Å². The molecular formula is C5H11NZn. The van der Waals surface area contributed by atoms with E-state index in [1.807, 2.05) is 0 Å². The first-order valence-corrected chi connectivity index (χ1v) is 2.71. The van der Waals surface area contributed by atoms with Crippen LogP contribution in [0.5, 0.6) is 0 Å². The number of hydrogen-bond acceptors (Lipinski definition) is 1. The van der Waals surface area contributed by atoms with Gasteiger partial charge in [0.25, 0.3) is 0 Å². The Bertz CT molecular complexity index is 23.6. The zero-order valence-corrected chi connectivity index (χ0v) is 7.71. The fourth-order valence-electron chi connectivity index (χ4n) is 0.802. The van der Waals surface area contributed by atoms with Gasteiger partial charge in [0.05, 0.1) is 0 Å². The standard InChI is InChI=1S/C5H11N.Zn/c1-2-4-6-5-3-1;/h6H,1-5H2;. The van der Waals surface area contributed by atoms with Crippen molar-refractivity contribution >= 4 is 0 Å². The maximum Gasteiger partial charge on any atom is 0 e. The minimum atomic E-state index is 0. The number of rotatable bonds is 0. The first-order chi connectivity index (χ1) is 3.00. The maximum absolute atomic E-state index is 3.28. The molecule has 38 valence electrons. The van der Waals surface area contributed by atoms with Crippen LogP contribution in [0, 0.1) is 0 Å². The van der Waals surface area contributed by atoms with E-state index >= 15 is 0 Å². The van der Waals surface area contributed by atoms with Crippen molar-refractivity contribution in [1.82, 2.24) is 5.32 Å². The summed E-state index contributed by atoms with van der Waals surface area (Å²) >= 11 is 0. The van der Waals surface area contributed by atoms with Crippen LogP contribution < -0.4 is 5.32 Å². The molecule has 1 aliphatic heterocycles. The minimum absolute atomic E-state index is 0. The van der Waals surface area contributed by atoms with Gasteiger partial charge in [0.2, 0.25) is 0 Å². The van der Waals surface area contributed by atoms with Crippen LogP contribution in [0.15, 0.2) is 0 Å². The molecule has 0 aromatic carbocycles. The van der Waals surface area contributed by atoms with Crippen molar-refractivity contribution in [2.24, 2.45) is 0 Å². The number of hydrogen-bond donors (Lipinski definition) is 1. The van der Waals surface area contributed by atoms with Gasteiger partial charge in [0, 0.05) is 19.5 Å². The smallest absolute Gasteiger partial charge is 0 e. The molecule has 1 saturated heterocycles. The van der Waals surface area contributed by atoms with Crippen molar-refractivity contribution < 1.29 is 19.5 Å². The molecule has 0 radical (unpaired) electrons. The Morgan fingerprint density at radius 2 is 1.43 bits per heavy atom. The van der Waals surface area contributed by atoms with Gasteiger partial charge in [-0.25, -0.2) is 0 Å². The minimum Gasteiger partial charge on any atom is -0.317 e. The predicted octanol–water partition coefficient (Wildman–Crippen LogP) is 0.757. The van der Waals surface area contributed by atoms with E-state index < -0.39 is 0 Å². The second-order valence-electron chi connectivity index (χ2n) is 1.81. The summed E-state index contributed by atoms with van der Waals surface area (Å²) in [4.78, 5) is 0. The summed E-state index contributed by atoms with van der Waals surface area (Å²) in [5, 5.41) is 3.28. The average molecular weight is 151 g/mol. The van der Waals surface area contributed by atoms with Gasteiger partial charge in [-0.1, -0.05) is 6.42 Å². The average Bonchev–Trinajstić information content (AvgIpc) is 1.72. The molecule has 1 aliphatic rings. The molecule has 2 heteroatoms. The van der Waals surface area contributed by atoms with Gasteiger partial charge in [-0.3, -0.25) is 0 Å². The fourth-order valence-corrected chi connectivity index (χ4v) is 0.802. The van der Waals surface area contributed by atoms with E-state index in [1.165, 1.54) is 32.4 Å². The topological polar surface area (TPSA) is 12.0 Å². The molecule has 0 aromatic rings. The monoisotopic (exact) mass is 149 g/mol. The van der Waals surface area contributed by atoms with Crippen molar-refractivity contribution in [2.75, 3.05) is 13.1 Å². The molecule has 0 saturated carbocycles. The summed E-state index contributed by atoms with van der Waals surface area (Å²) in [6, 6.07) is 0. The SMILES string of the molecule is C1CCNCC1.[Zn]. The Kier molecular flexibility index (Phi) is 5.13. The third kappa shape index (κ3) is 3.19. The van der Waals surface area contributed by atoms with Crippen molar-refractivity contribution in [1.29, 1.82) is 0 Å². The van der Waals surface area contributed by atoms with E-state index in [0.717, 1.165) is 0 Å². The predicted molar refractivity (Wildman–Crippen MR) is 26.7 cm³/mol. The molecule has 0 amide bonds. The molecule has 0 spiro atoms.